The summed E-state index contributed by atoms with van der Waals surface area (Å²) in [7, 11) is 0. The zero-order chi connectivity index (χ0) is 13.1. The van der Waals surface area contributed by atoms with E-state index in [1.54, 1.807) is 0 Å². The van der Waals surface area contributed by atoms with Gasteiger partial charge in [-0.05, 0) is 12.1 Å². The Kier molecular flexibility index (Phi) is 4.73. The molecular weight excluding hydrogens is 262 g/mol. The van der Waals surface area contributed by atoms with Crippen LogP contribution in [0.4, 0.5) is 17.6 Å². The average molecular weight is 272 g/mol. The van der Waals surface area contributed by atoms with Crippen LogP contribution in [0.2, 0.25) is 5.02 Å². The molecule has 0 radical (unpaired) electrons. The molecule has 0 heterocycles. The number of aliphatic hydroxyl groups excluding tert-OH is 1. The molecule has 1 aromatic carbocycles. The van der Waals surface area contributed by atoms with Crippen molar-refractivity contribution in [2.75, 3.05) is 13.2 Å². The van der Waals surface area contributed by atoms with E-state index in [1.807, 2.05) is 5.32 Å². The Hall–Kier alpha value is -0.850. The zero-order valence-electron chi connectivity index (χ0n) is 8.56. The lowest BCUT2D eigenvalue weighted by molar-refractivity contribution is -0.126. The molecule has 0 amide bonds. The van der Waals surface area contributed by atoms with Crippen LogP contribution in [-0.2, 0) is 0 Å². The highest BCUT2D eigenvalue weighted by Crippen LogP contribution is 2.22. The Morgan fingerprint density at radius 2 is 2.00 bits per heavy atom. The SMILES string of the molecule is OCC(NCC(F)(F)F)c1ccc(Cl)cc1F. The van der Waals surface area contributed by atoms with Crippen LogP contribution in [-0.4, -0.2) is 24.4 Å². The quantitative estimate of drug-likeness (QED) is 0.825. The standard InChI is InChI=1S/C10H10ClF4NO/c11-6-1-2-7(8(12)3-6)9(4-17)16-5-10(13,14)15/h1-3,9,16-17H,4-5H2. The van der Waals surface area contributed by atoms with Crippen molar-refractivity contribution < 1.29 is 22.7 Å². The normalized spacial score (nSPS) is 13.8. The van der Waals surface area contributed by atoms with Crippen LogP contribution >= 0.6 is 11.6 Å². The van der Waals surface area contributed by atoms with Crippen molar-refractivity contribution in [2.45, 2.75) is 12.2 Å². The topological polar surface area (TPSA) is 32.3 Å². The number of benzene rings is 1. The Labute approximate surface area is 100 Å². The summed E-state index contributed by atoms with van der Waals surface area (Å²) >= 11 is 5.51. The molecule has 0 spiro atoms. The predicted octanol–water partition coefficient (Wildman–Crippen LogP) is 2.66. The van der Waals surface area contributed by atoms with E-state index >= 15 is 0 Å². The van der Waals surface area contributed by atoms with Gasteiger partial charge in [-0.25, -0.2) is 4.39 Å². The summed E-state index contributed by atoms with van der Waals surface area (Å²) in [6, 6.07) is 2.45. The number of nitrogens with one attached hydrogen (secondary N) is 1. The average Bonchev–Trinajstić information content (AvgIpc) is 2.19. The van der Waals surface area contributed by atoms with E-state index in [-0.39, 0.29) is 10.6 Å². The number of rotatable bonds is 4. The van der Waals surface area contributed by atoms with E-state index in [4.69, 9.17) is 16.7 Å². The number of aliphatic hydroxyl groups is 1. The van der Waals surface area contributed by atoms with Crippen LogP contribution in [0, 0.1) is 5.82 Å². The first kappa shape index (κ1) is 14.2. The van der Waals surface area contributed by atoms with Crippen molar-refractivity contribution >= 4 is 11.6 Å². The van der Waals surface area contributed by atoms with Gasteiger partial charge in [-0.3, -0.25) is 5.32 Å². The van der Waals surface area contributed by atoms with Crippen molar-refractivity contribution in [1.29, 1.82) is 0 Å². The maximum atomic E-state index is 13.4. The first-order chi connectivity index (χ1) is 7.83. The highest BCUT2D eigenvalue weighted by Gasteiger charge is 2.28. The summed E-state index contributed by atoms with van der Waals surface area (Å²) in [6.07, 6.45) is -4.42. The third kappa shape index (κ3) is 4.49. The number of hydrogen-bond donors (Lipinski definition) is 2. The van der Waals surface area contributed by atoms with Crippen LogP contribution in [0.3, 0.4) is 0 Å². The minimum Gasteiger partial charge on any atom is -0.394 e. The van der Waals surface area contributed by atoms with Gasteiger partial charge in [0.05, 0.1) is 19.2 Å². The Morgan fingerprint density at radius 3 is 2.47 bits per heavy atom. The van der Waals surface area contributed by atoms with Gasteiger partial charge in [-0.15, -0.1) is 0 Å². The number of alkyl halides is 3. The molecule has 1 atom stereocenters. The second kappa shape index (κ2) is 5.66. The molecule has 1 rings (SSSR count). The van der Waals surface area contributed by atoms with Gasteiger partial charge in [0, 0.05) is 10.6 Å². The lowest BCUT2D eigenvalue weighted by atomic mass is 10.1. The van der Waals surface area contributed by atoms with Crippen molar-refractivity contribution in [1.82, 2.24) is 5.32 Å². The van der Waals surface area contributed by atoms with Gasteiger partial charge in [0.15, 0.2) is 0 Å². The van der Waals surface area contributed by atoms with Gasteiger partial charge in [-0.2, -0.15) is 13.2 Å². The molecule has 0 fully saturated rings. The summed E-state index contributed by atoms with van der Waals surface area (Å²) in [5.41, 5.74) is -0.0545. The van der Waals surface area contributed by atoms with E-state index in [9.17, 15) is 17.6 Å². The van der Waals surface area contributed by atoms with Crippen LogP contribution in [0.25, 0.3) is 0 Å². The predicted molar refractivity (Wildman–Crippen MR) is 55.3 cm³/mol. The molecule has 2 N–H and O–H groups in total. The molecule has 7 heteroatoms. The molecule has 0 aliphatic carbocycles. The van der Waals surface area contributed by atoms with Gasteiger partial charge < -0.3 is 5.11 Å². The fraction of sp³-hybridized carbons (Fsp3) is 0.400. The molecule has 96 valence electrons. The first-order valence-electron chi connectivity index (χ1n) is 4.69. The molecule has 1 aromatic rings. The van der Waals surface area contributed by atoms with Gasteiger partial charge >= 0.3 is 6.18 Å². The van der Waals surface area contributed by atoms with E-state index in [0.717, 1.165) is 6.07 Å². The van der Waals surface area contributed by atoms with Gasteiger partial charge in [0.2, 0.25) is 0 Å². The fourth-order valence-electron chi connectivity index (χ4n) is 1.30. The monoisotopic (exact) mass is 271 g/mol. The zero-order valence-corrected chi connectivity index (χ0v) is 9.32. The smallest absolute Gasteiger partial charge is 0.394 e. The largest absolute Gasteiger partial charge is 0.401 e. The Bertz CT molecular complexity index is 383. The Morgan fingerprint density at radius 1 is 1.35 bits per heavy atom. The van der Waals surface area contributed by atoms with Gasteiger partial charge in [-0.1, -0.05) is 17.7 Å². The lowest BCUT2D eigenvalue weighted by Gasteiger charge is -2.18. The van der Waals surface area contributed by atoms with Crippen molar-refractivity contribution in [2.24, 2.45) is 0 Å². The maximum absolute atomic E-state index is 13.4. The second-order valence-corrected chi connectivity index (χ2v) is 3.83. The molecule has 0 saturated heterocycles. The fourth-order valence-corrected chi connectivity index (χ4v) is 1.45. The van der Waals surface area contributed by atoms with E-state index < -0.39 is 31.2 Å². The van der Waals surface area contributed by atoms with Crippen molar-refractivity contribution in [3.8, 4) is 0 Å². The summed E-state index contributed by atoms with van der Waals surface area (Å²) in [5, 5.41) is 11.1. The molecule has 0 aromatic heterocycles. The van der Waals surface area contributed by atoms with E-state index in [0.29, 0.717) is 0 Å². The lowest BCUT2D eigenvalue weighted by Crippen LogP contribution is -2.34. The number of hydrogen-bond acceptors (Lipinski definition) is 2. The summed E-state index contributed by atoms with van der Waals surface area (Å²) in [5.74, 6) is -0.758. The summed E-state index contributed by atoms with van der Waals surface area (Å²) in [6.45, 7) is -1.95. The molecular formula is C10H10ClF4NO. The molecule has 17 heavy (non-hydrogen) atoms. The molecule has 0 aliphatic heterocycles. The van der Waals surface area contributed by atoms with Crippen LogP contribution in [0.5, 0.6) is 0 Å². The first-order valence-corrected chi connectivity index (χ1v) is 5.07. The second-order valence-electron chi connectivity index (χ2n) is 3.40. The summed E-state index contributed by atoms with van der Waals surface area (Å²) in [4.78, 5) is 0. The highest BCUT2D eigenvalue weighted by molar-refractivity contribution is 6.30. The van der Waals surface area contributed by atoms with Crippen LogP contribution < -0.4 is 5.32 Å². The highest BCUT2D eigenvalue weighted by atomic mass is 35.5. The molecule has 2 nitrogen and oxygen atoms in total. The molecule has 0 saturated carbocycles. The third-order valence-electron chi connectivity index (χ3n) is 2.07. The van der Waals surface area contributed by atoms with E-state index in [1.165, 1.54) is 12.1 Å². The minimum absolute atomic E-state index is 0.0545. The Balaban J connectivity index is 2.79. The summed E-state index contributed by atoms with van der Waals surface area (Å²) < 4.78 is 49.3. The van der Waals surface area contributed by atoms with Gasteiger partial charge in [0.1, 0.15) is 5.82 Å². The molecule has 0 aliphatic rings. The van der Waals surface area contributed by atoms with Gasteiger partial charge in [0.25, 0.3) is 0 Å². The van der Waals surface area contributed by atoms with Crippen LogP contribution in [0.1, 0.15) is 11.6 Å². The number of halogens is 5. The van der Waals surface area contributed by atoms with Crippen molar-refractivity contribution in [3.63, 3.8) is 0 Å². The minimum atomic E-state index is -4.42. The van der Waals surface area contributed by atoms with E-state index in [2.05, 4.69) is 0 Å². The third-order valence-corrected chi connectivity index (χ3v) is 2.30. The van der Waals surface area contributed by atoms with Crippen LogP contribution in [0.15, 0.2) is 18.2 Å². The maximum Gasteiger partial charge on any atom is 0.401 e. The molecule has 1 unspecified atom stereocenters. The van der Waals surface area contributed by atoms with Crippen molar-refractivity contribution in [3.05, 3.63) is 34.6 Å². The molecule has 0 bridgehead atoms.